The van der Waals surface area contributed by atoms with Gasteiger partial charge in [-0.3, -0.25) is 9.59 Å². The van der Waals surface area contributed by atoms with Crippen molar-refractivity contribution in [3.05, 3.63) is 50.6 Å². The summed E-state index contributed by atoms with van der Waals surface area (Å²) in [6, 6.07) is 7.05. The molecule has 0 unspecified atom stereocenters. The highest BCUT2D eigenvalue weighted by molar-refractivity contribution is 7.99. The van der Waals surface area contributed by atoms with Crippen LogP contribution < -0.4 is 10.9 Å². The van der Waals surface area contributed by atoms with Crippen molar-refractivity contribution in [3.8, 4) is 0 Å². The third kappa shape index (κ3) is 4.06. The number of anilines is 1. The number of aryl methyl sites for hydroxylation is 1. The number of hydrogen-bond acceptors (Lipinski definition) is 7. The maximum Gasteiger partial charge on any atom is 0.341 e. The van der Waals surface area contributed by atoms with Crippen LogP contribution in [0.15, 0.2) is 34.2 Å². The first-order valence-electron chi connectivity index (χ1n) is 9.21. The van der Waals surface area contributed by atoms with Gasteiger partial charge in [-0.2, -0.15) is 0 Å². The molecular weight excluding hydrogens is 410 g/mol. The molecule has 0 fully saturated rings. The summed E-state index contributed by atoms with van der Waals surface area (Å²) in [5.41, 5.74) is 1.81. The van der Waals surface area contributed by atoms with Gasteiger partial charge in [0.2, 0.25) is 5.91 Å². The summed E-state index contributed by atoms with van der Waals surface area (Å²) in [5.74, 6) is -0.632. The number of aromatic nitrogens is 2. The van der Waals surface area contributed by atoms with E-state index in [-0.39, 0.29) is 17.2 Å². The van der Waals surface area contributed by atoms with E-state index in [1.54, 1.807) is 18.2 Å². The Morgan fingerprint density at radius 2 is 2.07 bits per heavy atom. The standard InChI is InChI=1S/C20H19N3O4S2/c1-27-19(26)16-12-7-3-5-9-14(12)29-18(16)22-15(24)10-28-20-21-13-8-4-2-6-11(13)17(25)23-20/h2,4,6,8H,3,5,7,9-10H2,1H3,(H,22,24)(H,21,23,25). The number of hydrogen-bond donors (Lipinski definition) is 2. The number of fused-ring (bicyclic) bond motifs is 2. The number of carbonyl (C=O) groups is 2. The fourth-order valence-corrected chi connectivity index (χ4v) is 5.36. The molecule has 0 saturated carbocycles. The van der Waals surface area contributed by atoms with E-state index < -0.39 is 5.97 Å². The molecule has 1 amide bonds. The molecule has 1 aromatic carbocycles. The molecule has 0 atom stereocenters. The molecule has 3 aromatic rings. The van der Waals surface area contributed by atoms with Crippen LogP contribution in [0, 0.1) is 0 Å². The molecule has 0 bridgehead atoms. The Kier molecular flexibility index (Phi) is 5.68. The summed E-state index contributed by atoms with van der Waals surface area (Å²) in [4.78, 5) is 45.1. The van der Waals surface area contributed by atoms with Gasteiger partial charge >= 0.3 is 5.97 Å². The minimum absolute atomic E-state index is 0.0600. The zero-order chi connectivity index (χ0) is 20.4. The number of H-pyrrole nitrogens is 1. The molecule has 29 heavy (non-hydrogen) atoms. The lowest BCUT2D eigenvalue weighted by atomic mass is 9.95. The highest BCUT2D eigenvalue weighted by Gasteiger charge is 2.26. The molecule has 1 aliphatic rings. The van der Waals surface area contributed by atoms with Crippen molar-refractivity contribution in [2.45, 2.75) is 30.8 Å². The lowest BCUT2D eigenvalue weighted by Crippen LogP contribution is -2.17. The highest BCUT2D eigenvalue weighted by Crippen LogP contribution is 2.38. The minimum Gasteiger partial charge on any atom is -0.465 e. The lowest BCUT2D eigenvalue weighted by molar-refractivity contribution is -0.113. The van der Waals surface area contributed by atoms with E-state index in [9.17, 15) is 14.4 Å². The number of methoxy groups -OCH3 is 1. The second-order valence-electron chi connectivity index (χ2n) is 6.63. The normalized spacial score (nSPS) is 13.1. The number of benzene rings is 1. The Morgan fingerprint density at radius 3 is 2.90 bits per heavy atom. The molecule has 2 heterocycles. The number of nitrogens with zero attached hydrogens (tertiary/aromatic N) is 1. The molecule has 2 N–H and O–H groups in total. The molecule has 0 radical (unpaired) electrons. The third-order valence-electron chi connectivity index (χ3n) is 4.74. The van der Waals surface area contributed by atoms with Crippen LogP contribution in [-0.2, 0) is 22.4 Å². The van der Waals surface area contributed by atoms with Crippen LogP contribution in [0.3, 0.4) is 0 Å². The quantitative estimate of drug-likeness (QED) is 0.366. The molecule has 0 spiro atoms. The number of para-hydroxylation sites is 1. The van der Waals surface area contributed by atoms with Crippen molar-refractivity contribution < 1.29 is 14.3 Å². The Morgan fingerprint density at radius 1 is 1.28 bits per heavy atom. The van der Waals surface area contributed by atoms with E-state index in [0.717, 1.165) is 47.9 Å². The maximum atomic E-state index is 12.5. The molecule has 2 aromatic heterocycles. The van der Waals surface area contributed by atoms with Crippen molar-refractivity contribution in [1.82, 2.24) is 9.97 Å². The van der Waals surface area contributed by atoms with Crippen molar-refractivity contribution >= 4 is 50.9 Å². The first-order chi connectivity index (χ1) is 14.1. The molecule has 150 valence electrons. The summed E-state index contributed by atoms with van der Waals surface area (Å²) >= 11 is 2.59. The Balaban J connectivity index is 1.50. The van der Waals surface area contributed by atoms with Gasteiger partial charge < -0.3 is 15.0 Å². The molecule has 9 heteroatoms. The van der Waals surface area contributed by atoms with Gasteiger partial charge in [-0.1, -0.05) is 23.9 Å². The third-order valence-corrected chi connectivity index (χ3v) is 6.83. The lowest BCUT2D eigenvalue weighted by Gasteiger charge is -2.11. The van der Waals surface area contributed by atoms with Crippen LogP contribution in [0.5, 0.6) is 0 Å². The van der Waals surface area contributed by atoms with Gasteiger partial charge in [0.05, 0.1) is 29.3 Å². The molecule has 4 rings (SSSR count). The van der Waals surface area contributed by atoms with Gasteiger partial charge in [-0.15, -0.1) is 11.3 Å². The maximum absolute atomic E-state index is 12.5. The van der Waals surface area contributed by atoms with Crippen LogP contribution in [0.4, 0.5) is 5.00 Å². The summed E-state index contributed by atoms with van der Waals surface area (Å²) in [5, 5.41) is 4.26. The molecule has 7 nitrogen and oxygen atoms in total. The Labute approximate surface area is 174 Å². The van der Waals surface area contributed by atoms with Crippen molar-refractivity contribution in [3.63, 3.8) is 0 Å². The summed E-state index contributed by atoms with van der Waals surface area (Å²) in [6.07, 6.45) is 3.84. The van der Waals surface area contributed by atoms with E-state index in [0.29, 0.717) is 26.6 Å². The zero-order valence-electron chi connectivity index (χ0n) is 15.7. The van der Waals surface area contributed by atoms with E-state index >= 15 is 0 Å². The minimum atomic E-state index is -0.423. The van der Waals surface area contributed by atoms with Gasteiger partial charge in [-0.05, 0) is 43.4 Å². The number of ether oxygens (including phenoxy) is 1. The fraction of sp³-hybridized carbons (Fsp3) is 0.300. The fourth-order valence-electron chi connectivity index (χ4n) is 3.40. The number of carbonyl (C=O) groups excluding carboxylic acids is 2. The smallest absolute Gasteiger partial charge is 0.341 e. The zero-order valence-corrected chi connectivity index (χ0v) is 17.4. The van der Waals surface area contributed by atoms with Gasteiger partial charge in [0.25, 0.3) is 5.56 Å². The number of rotatable bonds is 5. The van der Waals surface area contributed by atoms with E-state index in [4.69, 9.17) is 4.74 Å². The van der Waals surface area contributed by atoms with E-state index in [1.165, 1.54) is 18.4 Å². The number of esters is 1. The van der Waals surface area contributed by atoms with Crippen molar-refractivity contribution in [2.75, 3.05) is 18.2 Å². The molecule has 1 aliphatic carbocycles. The average Bonchev–Trinajstić information content (AvgIpc) is 3.09. The average molecular weight is 430 g/mol. The molecule has 0 aliphatic heterocycles. The Bertz CT molecular complexity index is 1150. The van der Waals surface area contributed by atoms with Crippen LogP contribution in [0.1, 0.15) is 33.6 Å². The Hall–Kier alpha value is -2.65. The largest absolute Gasteiger partial charge is 0.465 e. The topological polar surface area (TPSA) is 101 Å². The molecular formula is C20H19N3O4S2. The van der Waals surface area contributed by atoms with Gasteiger partial charge in [0.1, 0.15) is 5.00 Å². The van der Waals surface area contributed by atoms with E-state index in [2.05, 4.69) is 15.3 Å². The van der Waals surface area contributed by atoms with Gasteiger partial charge in [-0.25, -0.2) is 9.78 Å². The predicted molar refractivity (Wildman–Crippen MR) is 114 cm³/mol. The predicted octanol–water partition coefficient (Wildman–Crippen LogP) is 3.38. The summed E-state index contributed by atoms with van der Waals surface area (Å²) in [6.45, 7) is 0. The van der Waals surface area contributed by atoms with Gasteiger partial charge in [0.15, 0.2) is 5.16 Å². The molecule has 0 saturated heterocycles. The number of thiophene rings is 1. The van der Waals surface area contributed by atoms with Crippen LogP contribution >= 0.6 is 23.1 Å². The van der Waals surface area contributed by atoms with E-state index in [1.807, 2.05) is 6.07 Å². The van der Waals surface area contributed by atoms with Crippen LogP contribution in [0.25, 0.3) is 10.9 Å². The SMILES string of the molecule is COC(=O)c1c(NC(=O)CSc2nc3ccccc3c(=O)[nH]2)sc2c1CCCC2. The summed E-state index contributed by atoms with van der Waals surface area (Å²) in [7, 11) is 1.35. The monoisotopic (exact) mass is 429 g/mol. The van der Waals surface area contributed by atoms with Crippen molar-refractivity contribution in [2.24, 2.45) is 0 Å². The van der Waals surface area contributed by atoms with Crippen molar-refractivity contribution in [1.29, 1.82) is 0 Å². The van der Waals surface area contributed by atoms with Gasteiger partial charge in [0, 0.05) is 4.88 Å². The van der Waals surface area contributed by atoms with Crippen LogP contribution in [0.2, 0.25) is 0 Å². The number of thioether (sulfide) groups is 1. The number of aromatic amines is 1. The summed E-state index contributed by atoms with van der Waals surface area (Å²) < 4.78 is 4.93. The second kappa shape index (κ2) is 8.38. The first kappa shape index (κ1) is 19.7. The highest BCUT2D eigenvalue weighted by atomic mass is 32.2. The second-order valence-corrected chi connectivity index (χ2v) is 8.70. The number of amides is 1. The van der Waals surface area contributed by atoms with Crippen LogP contribution in [-0.4, -0.2) is 34.7 Å². The number of nitrogens with one attached hydrogen (secondary N) is 2. The first-order valence-corrected chi connectivity index (χ1v) is 11.0.